The van der Waals surface area contributed by atoms with Crippen LogP contribution in [0.1, 0.15) is 25.8 Å². The maximum absolute atomic E-state index is 14.4. The molecule has 0 saturated carbocycles. The molecule has 10 heteroatoms. The molecule has 1 saturated heterocycles. The Bertz CT molecular complexity index is 1220. The van der Waals surface area contributed by atoms with Crippen molar-refractivity contribution >= 4 is 16.0 Å². The molecule has 8 nitrogen and oxygen atoms in total. The Morgan fingerprint density at radius 2 is 2.15 bits per heavy atom. The molecule has 4 heterocycles. The molecule has 0 amide bonds. The second-order valence-corrected chi connectivity index (χ2v) is 11.3. The number of aliphatic imine (C=N–C) groups is 1. The predicted molar refractivity (Wildman–Crippen MR) is 122 cm³/mol. The topological polar surface area (TPSA) is 107 Å². The molecule has 1 aromatic carbocycles. The van der Waals surface area contributed by atoms with Crippen LogP contribution in [0.4, 0.5) is 4.39 Å². The number of piperidine rings is 1. The van der Waals surface area contributed by atoms with Crippen LogP contribution in [-0.4, -0.2) is 55.3 Å². The SMILES string of the molecule is CC(C)CS(=O)(=O)N1CCC2Oc3ccc(-c4cccnc4F)cc3[C@@]3(COC(N)=N3)[C@H]2C1. The summed E-state index contributed by atoms with van der Waals surface area (Å²) in [4.78, 5) is 8.45. The zero-order chi connectivity index (χ0) is 23.4. The number of amidine groups is 1. The van der Waals surface area contributed by atoms with Crippen molar-refractivity contribution in [2.45, 2.75) is 31.9 Å². The lowest BCUT2D eigenvalue weighted by Gasteiger charge is -2.48. The van der Waals surface area contributed by atoms with E-state index in [1.807, 2.05) is 19.9 Å². The Labute approximate surface area is 192 Å². The molecule has 1 unspecified atom stereocenters. The van der Waals surface area contributed by atoms with Gasteiger partial charge in [-0.05, 0) is 42.2 Å². The zero-order valence-corrected chi connectivity index (χ0v) is 19.4. The first-order chi connectivity index (χ1) is 15.7. The smallest absolute Gasteiger partial charge is 0.283 e. The summed E-state index contributed by atoms with van der Waals surface area (Å²) in [7, 11) is -3.43. The van der Waals surface area contributed by atoms with Gasteiger partial charge in [-0.25, -0.2) is 22.7 Å². The monoisotopic (exact) mass is 474 g/mol. The van der Waals surface area contributed by atoms with Crippen LogP contribution in [0.15, 0.2) is 41.5 Å². The zero-order valence-electron chi connectivity index (χ0n) is 18.6. The van der Waals surface area contributed by atoms with Crippen LogP contribution in [0.3, 0.4) is 0 Å². The fourth-order valence-electron chi connectivity index (χ4n) is 5.16. The van der Waals surface area contributed by atoms with E-state index >= 15 is 0 Å². The molecule has 3 atom stereocenters. The molecule has 1 aromatic heterocycles. The molecule has 176 valence electrons. The summed E-state index contributed by atoms with van der Waals surface area (Å²) in [6.07, 6.45) is 1.70. The number of nitrogens with zero attached hydrogens (tertiary/aromatic N) is 3. The van der Waals surface area contributed by atoms with Crippen molar-refractivity contribution in [2.75, 3.05) is 25.4 Å². The molecule has 2 N–H and O–H groups in total. The number of hydrogen-bond donors (Lipinski definition) is 1. The highest BCUT2D eigenvalue weighted by molar-refractivity contribution is 7.89. The summed E-state index contributed by atoms with van der Waals surface area (Å²) >= 11 is 0. The summed E-state index contributed by atoms with van der Waals surface area (Å²) in [5.41, 5.74) is 6.75. The van der Waals surface area contributed by atoms with Crippen LogP contribution < -0.4 is 10.5 Å². The summed E-state index contributed by atoms with van der Waals surface area (Å²) < 4.78 is 53.9. The van der Waals surface area contributed by atoms with E-state index in [4.69, 9.17) is 20.2 Å². The molecular weight excluding hydrogens is 447 g/mol. The third kappa shape index (κ3) is 3.74. The van der Waals surface area contributed by atoms with E-state index in [2.05, 4.69) is 4.98 Å². The Balaban J connectivity index is 1.59. The molecule has 1 spiro atoms. The number of halogens is 1. The van der Waals surface area contributed by atoms with Crippen molar-refractivity contribution in [1.29, 1.82) is 0 Å². The largest absolute Gasteiger partial charge is 0.490 e. The van der Waals surface area contributed by atoms with Crippen molar-refractivity contribution < 1.29 is 22.3 Å². The average molecular weight is 475 g/mol. The van der Waals surface area contributed by atoms with Gasteiger partial charge in [0.25, 0.3) is 6.02 Å². The molecule has 0 radical (unpaired) electrons. The van der Waals surface area contributed by atoms with Crippen molar-refractivity contribution in [3.63, 3.8) is 0 Å². The number of ether oxygens (including phenoxy) is 2. The van der Waals surface area contributed by atoms with Crippen LogP contribution in [0.5, 0.6) is 5.75 Å². The lowest BCUT2D eigenvalue weighted by atomic mass is 9.71. The van der Waals surface area contributed by atoms with E-state index in [1.165, 1.54) is 6.20 Å². The number of aromatic nitrogens is 1. The summed E-state index contributed by atoms with van der Waals surface area (Å²) in [6, 6.07) is 8.82. The van der Waals surface area contributed by atoms with E-state index < -0.39 is 21.5 Å². The number of nitrogens with two attached hydrogens (primary N) is 1. The van der Waals surface area contributed by atoms with Crippen molar-refractivity contribution in [2.24, 2.45) is 22.6 Å². The lowest BCUT2D eigenvalue weighted by molar-refractivity contribution is -0.00350. The highest BCUT2D eigenvalue weighted by Gasteiger charge is 2.56. The molecule has 1 fully saturated rings. The molecule has 0 aliphatic carbocycles. The van der Waals surface area contributed by atoms with Gasteiger partial charge in [0.2, 0.25) is 16.0 Å². The van der Waals surface area contributed by atoms with E-state index in [-0.39, 0.29) is 42.9 Å². The van der Waals surface area contributed by atoms with Gasteiger partial charge in [-0.2, -0.15) is 4.39 Å². The normalized spacial score (nSPS) is 27.0. The Kier molecular flexibility index (Phi) is 5.32. The highest BCUT2D eigenvalue weighted by atomic mass is 32.2. The van der Waals surface area contributed by atoms with E-state index in [9.17, 15) is 12.8 Å². The first-order valence-corrected chi connectivity index (χ1v) is 12.7. The van der Waals surface area contributed by atoms with E-state index in [1.54, 1.807) is 28.6 Å². The molecule has 5 rings (SSSR count). The fourth-order valence-corrected chi connectivity index (χ4v) is 6.98. The van der Waals surface area contributed by atoms with E-state index in [0.29, 0.717) is 35.4 Å². The van der Waals surface area contributed by atoms with Gasteiger partial charge in [0, 0.05) is 36.3 Å². The fraction of sp³-hybridized carbons (Fsp3) is 0.478. The van der Waals surface area contributed by atoms with Gasteiger partial charge in [-0.1, -0.05) is 19.9 Å². The summed E-state index contributed by atoms with van der Waals surface area (Å²) in [5, 5.41) is 0. The minimum absolute atomic E-state index is 0.0189. The molecule has 0 bridgehead atoms. The van der Waals surface area contributed by atoms with Crippen LogP contribution in [0.25, 0.3) is 11.1 Å². The molecule has 33 heavy (non-hydrogen) atoms. The Morgan fingerprint density at radius 3 is 2.85 bits per heavy atom. The lowest BCUT2D eigenvalue weighted by Crippen LogP contribution is -2.58. The first kappa shape index (κ1) is 22.1. The van der Waals surface area contributed by atoms with Crippen LogP contribution in [0.2, 0.25) is 0 Å². The quantitative estimate of drug-likeness (QED) is 0.683. The Morgan fingerprint density at radius 1 is 1.33 bits per heavy atom. The number of pyridine rings is 1. The van der Waals surface area contributed by atoms with Crippen molar-refractivity contribution in [3.05, 3.63) is 48.0 Å². The second kappa shape index (κ2) is 7.95. The first-order valence-electron chi connectivity index (χ1n) is 11.1. The third-order valence-electron chi connectivity index (χ3n) is 6.61. The van der Waals surface area contributed by atoms with Crippen molar-refractivity contribution in [3.8, 4) is 16.9 Å². The number of sulfonamides is 1. The van der Waals surface area contributed by atoms with E-state index in [0.717, 1.165) is 0 Å². The van der Waals surface area contributed by atoms with Gasteiger partial charge in [-0.15, -0.1) is 0 Å². The maximum atomic E-state index is 14.4. The Hall–Kier alpha value is -2.72. The average Bonchev–Trinajstić information content (AvgIpc) is 3.15. The second-order valence-electron chi connectivity index (χ2n) is 9.30. The number of rotatable bonds is 4. The van der Waals surface area contributed by atoms with Gasteiger partial charge in [0.1, 0.15) is 24.0 Å². The van der Waals surface area contributed by atoms with Crippen LogP contribution >= 0.6 is 0 Å². The van der Waals surface area contributed by atoms with Crippen LogP contribution in [0, 0.1) is 17.8 Å². The number of fused-ring (bicyclic) bond motifs is 4. The maximum Gasteiger partial charge on any atom is 0.283 e. The number of benzene rings is 1. The van der Waals surface area contributed by atoms with Gasteiger partial charge in [0.05, 0.1) is 5.75 Å². The van der Waals surface area contributed by atoms with Crippen LogP contribution in [-0.2, 0) is 20.3 Å². The predicted octanol–water partition coefficient (Wildman–Crippen LogP) is 2.50. The molecule has 2 aromatic rings. The van der Waals surface area contributed by atoms with Gasteiger partial charge in [-0.3, -0.25) is 0 Å². The molecular formula is C23H27FN4O4S. The number of hydrogen-bond acceptors (Lipinski definition) is 7. The van der Waals surface area contributed by atoms with Gasteiger partial charge in [0.15, 0.2) is 0 Å². The summed E-state index contributed by atoms with van der Waals surface area (Å²) in [5.74, 6) is -0.136. The standard InChI is InChI=1S/C23H27FN4O4S/c1-14(2)12-33(29,30)28-9-7-20-18(11-28)23(13-31-22(25)27-23)17-10-15(5-6-19(17)32-20)16-4-3-8-26-21(16)24/h3-6,8,10,14,18,20H,7,9,11-13H2,1-2H3,(H2,25,27)/t18-,20?,23-/m0/s1. The minimum atomic E-state index is -3.43. The van der Waals surface area contributed by atoms with Gasteiger partial charge >= 0.3 is 0 Å². The molecule has 3 aliphatic heterocycles. The molecule has 3 aliphatic rings. The highest BCUT2D eigenvalue weighted by Crippen LogP contribution is 2.51. The minimum Gasteiger partial charge on any atom is -0.490 e. The van der Waals surface area contributed by atoms with Gasteiger partial charge < -0.3 is 15.2 Å². The third-order valence-corrected chi connectivity index (χ3v) is 8.81. The van der Waals surface area contributed by atoms with Crippen molar-refractivity contribution in [1.82, 2.24) is 9.29 Å². The summed E-state index contributed by atoms with van der Waals surface area (Å²) in [6.45, 7) is 4.60.